The number of halogens is 2. The molecule has 0 saturated heterocycles. The smallest absolute Gasteiger partial charge is 0.264 e. The standard InChI is InChI=1S/C28H26Cl2N4O4S/c1-19-16-21(20(2)34(19)25-14-9-12-23(29)28(25)30)17-31-32-27(35)18-33(24-13-7-8-15-26(24)38-3)39(36,37)22-10-5-4-6-11-22/h4-17H,18H2,1-3H3,(H,32,35)/b31-17+. The van der Waals surface area contributed by atoms with Gasteiger partial charge in [0.25, 0.3) is 15.9 Å². The van der Waals surface area contributed by atoms with Crippen LogP contribution >= 0.6 is 23.2 Å². The van der Waals surface area contributed by atoms with Crippen molar-refractivity contribution in [3.63, 3.8) is 0 Å². The van der Waals surface area contributed by atoms with Crippen LogP contribution in [0.15, 0.2) is 88.9 Å². The van der Waals surface area contributed by atoms with Gasteiger partial charge in [-0.2, -0.15) is 5.10 Å². The largest absolute Gasteiger partial charge is 0.495 e. The van der Waals surface area contributed by atoms with Crippen molar-refractivity contribution in [3.8, 4) is 11.4 Å². The molecule has 4 rings (SSSR count). The summed E-state index contributed by atoms with van der Waals surface area (Å²) in [4.78, 5) is 13.0. The average molecular weight is 586 g/mol. The van der Waals surface area contributed by atoms with E-state index in [0.717, 1.165) is 26.9 Å². The monoisotopic (exact) mass is 584 g/mol. The number of hydrogen-bond donors (Lipinski definition) is 1. The van der Waals surface area contributed by atoms with E-state index in [1.165, 1.54) is 25.5 Å². The fraction of sp³-hybridized carbons (Fsp3) is 0.143. The average Bonchev–Trinajstić information content (AvgIpc) is 3.21. The third-order valence-corrected chi connectivity index (χ3v) is 8.59. The number of aromatic nitrogens is 1. The molecule has 1 heterocycles. The van der Waals surface area contributed by atoms with E-state index in [0.29, 0.717) is 15.8 Å². The molecule has 1 N–H and O–H groups in total. The van der Waals surface area contributed by atoms with Crippen LogP contribution in [0, 0.1) is 13.8 Å². The Labute approximate surface area is 237 Å². The minimum Gasteiger partial charge on any atom is -0.495 e. The Kier molecular flexibility index (Phi) is 8.64. The van der Waals surface area contributed by atoms with Crippen LogP contribution in [-0.2, 0) is 14.8 Å². The van der Waals surface area contributed by atoms with E-state index in [-0.39, 0.29) is 10.6 Å². The van der Waals surface area contributed by atoms with Gasteiger partial charge in [0.05, 0.1) is 39.6 Å². The summed E-state index contributed by atoms with van der Waals surface area (Å²) in [7, 11) is -2.66. The molecular formula is C28H26Cl2N4O4S. The first-order valence-electron chi connectivity index (χ1n) is 11.8. The lowest BCUT2D eigenvalue weighted by Crippen LogP contribution is -2.39. The highest BCUT2D eigenvalue weighted by Gasteiger charge is 2.29. The molecule has 0 aliphatic rings. The Balaban J connectivity index is 1.58. The highest BCUT2D eigenvalue weighted by Crippen LogP contribution is 2.33. The first-order chi connectivity index (χ1) is 18.6. The predicted octanol–water partition coefficient (Wildman–Crippen LogP) is 5.76. The Hall–Kier alpha value is -3.79. The number of nitrogens with one attached hydrogen (secondary N) is 1. The lowest BCUT2D eigenvalue weighted by molar-refractivity contribution is -0.119. The molecule has 0 aliphatic carbocycles. The van der Waals surface area contributed by atoms with Gasteiger partial charge in [-0.15, -0.1) is 0 Å². The number of ether oxygens (including phenoxy) is 1. The van der Waals surface area contributed by atoms with Gasteiger partial charge in [-0.05, 0) is 56.3 Å². The van der Waals surface area contributed by atoms with E-state index in [9.17, 15) is 13.2 Å². The van der Waals surface area contributed by atoms with E-state index < -0.39 is 22.5 Å². The molecule has 4 aromatic rings. The Bertz CT molecular complexity index is 1640. The lowest BCUT2D eigenvalue weighted by Gasteiger charge is -2.25. The van der Waals surface area contributed by atoms with Gasteiger partial charge in [0.1, 0.15) is 12.3 Å². The number of benzene rings is 3. The number of amides is 1. The molecular weight excluding hydrogens is 559 g/mol. The van der Waals surface area contributed by atoms with Crippen LogP contribution in [-0.4, -0.2) is 38.8 Å². The number of carbonyl (C=O) groups is 1. The molecule has 1 amide bonds. The van der Waals surface area contributed by atoms with Crippen LogP contribution < -0.4 is 14.5 Å². The van der Waals surface area contributed by atoms with Crippen LogP contribution in [0.4, 0.5) is 5.69 Å². The highest BCUT2D eigenvalue weighted by atomic mass is 35.5. The first kappa shape index (κ1) is 28.2. The third-order valence-electron chi connectivity index (χ3n) is 6.01. The van der Waals surface area contributed by atoms with Crippen LogP contribution in [0.5, 0.6) is 5.75 Å². The van der Waals surface area contributed by atoms with Crippen molar-refractivity contribution in [2.45, 2.75) is 18.7 Å². The summed E-state index contributed by atoms with van der Waals surface area (Å²) in [6.07, 6.45) is 1.49. The number of rotatable bonds is 9. The molecule has 0 fully saturated rings. The number of nitrogens with zero attached hydrogens (tertiary/aromatic N) is 3. The Morgan fingerprint density at radius 1 is 1.03 bits per heavy atom. The van der Waals surface area contributed by atoms with Crippen molar-refractivity contribution in [2.75, 3.05) is 18.0 Å². The van der Waals surface area contributed by atoms with Crippen LogP contribution in [0.1, 0.15) is 17.0 Å². The van der Waals surface area contributed by atoms with Crippen molar-refractivity contribution in [2.24, 2.45) is 5.10 Å². The minimum atomic E-state index is -4.09. The fourth-order valence-corrected chi connectivity index (χ4v) is 5.98. The minimum absolute atomic E-state index is 0.0410. The number of para-hydroxylation sites is 2. The van der Waals surface area contributed by atoms with Crippen molar-refractivity contribution in [1.29, 1.82) is 0 Å². The van der Waals surface area contributed by atoms with Crippen molar-refractivity contribution in [3.05, 3.63) is 106 Å². The van der Waals surface area contributed by atoms with Gasteiger partial charge in [-0.1, -0.05) is 59.6 Å². The van der Waals surface area contributed by atoms with Gasteiger partial charge >= 0.3 is 0 Å². The molecule has 0 bridgehead atoms. The SMILES string of the molecule is COc1ccccc1N(CC(=O)N/N=C/c1cc(C)n(-c2cccc(Cl)c2Cl)c1C)S(=O)(=O)c1ccccc1. The second-order valence-electron chi connectivity index (χ2n) is 8.52. The molecule has 202 valence electrons. The number of anilines is 1. The normalized spacial score (nSPS) is 11.5. The number of carbonyl (C=O) groups excluding carboxylic acids is 1. The second kappa shape index (κ2) is 11.9. The van der Waals surface area contributed by atoms with Crippen molar-refractivity contribution >= 4 is 51.0 Å². The van der Waals surface area contributed by atoms with Crippen molar-refractivity contribution in [1.82, 2.24) is 9.99 Å². The van der Waals surface area contributed by atoms with Crippen LogP contribution in [0.3, 0.4) is 0 Å². The maximum atomic E-state index is 13.5. The van der Waals surface area contributed by atoms with Gasteiger partial charge in [0.2, 0.25) is 0 Å². The molecule has 0 saturated carbocycles. The quantitative estimate of drug-likeness (QED) is 0.200. The Morgan fingerprint density at radius 3 is 2.44 bits per heavy atom. The topological polar surface area (TPSA) is 93.0 Å². The molecule has 11 heteroatoms. The van der Waals surface area contributed by atoms with Gasteiger partial charge < -0.3 is 9.30 Å². The number of hydrogen-bond acceptors (Lipinski definition) is 5. The first-order valence-corrected chi connectivity index (χ1v) is 14.0. The summed E-state index contributed by atoms with van der Waals surface area (Å²) >= 11 is 12.6. The molecule has 3 aromatic carbocycles. The summed E-state index contributed by atoms with van der Waals surface area (Å²) in [5, 5.41) is 4.95. The van der Waals surface area contributed by atoms with Gasteiger partial charge in [0, 0.05) is 17.0 Å². The number of hydrazone groups is 1. The van der Waals surface area contributed by atoms with Crippen molar-refractivity contribution < 1.29 is 17.9 Å². The number of sulfonamides is 1. The maximum absolute atomic E-state index is 13.5. The van der Waals surface area contributed by atoms with Crippen LogP contribution in [0.2, 0.25) is 10.0 Å². The summed E-state index contributed by atoms with van der Waals surface area (Å²) in [5.74, 6) is -0.330. The molecule has 1 aromatic heterocycles. The summed E-state index contributed by atoms with van der Waals surface area (Å²) in [6, 6.07) is 21.7. The predicted molar refractivity (Wildman–Crippen MR) is 155 cm³/mol. The van der Waals surface area contributed by atoms with E-state index in [2.05, 4.69) is 10.5 Å². The van der Waals surface area contributed by atoms with Gasteiger partial charge in [0.15, 0.2) is 0 Å². The highest BCUT2D eigenvalue weighted by molar-refractivity contribution is 7.92. The summed E-state index contributed by atoms with van der Waals surface area (Å²) < 4.78 is 35.4. The van der Waals surface area contributed by atoms with Gasteiger partial charge in [-0.25, -0.2) is 13.8 Å². The zero-order valence-corrected chi connectivity index (χ0v) is 23.8. The van der Waals surface area contributed by atoms with E-state index in [4.69, 9.17) is 27.9 Å². The zero-order valence-electron chi connectivity index (χ0n) is 21.4. The lowest BCUT2D eigenvalue weighted by atomic mass is 10.2. The van der Waals surface area contributed by atoms with E-state index in [1.807, 2.05) is 36.6 Å². The Morgan fingerprint density at radius 2 is 1.72 bits per heavy atom. The zero-order chi connectivity index (χ0) is 28.2. The van der Waals surface area contributed by atoms with Gasteiger partial charge in [-0.3, -0.25) is 9.10 Å². The molecule has 0 spiro atoms. The summed E-state index contributed by atoms with van der Waals surface area (Å²) in [5.41, 5.74) is 5.84. The molecule has 39 heavy (non-hydrogen) atoms. The number of methoxy groups -OCH3 is 1. The van der Waals surface area contributed by atoms with E-state index >= 15 is 0 Å². The molecule has 0 unspecified atom stereocenters. The third kappa shape index (κ3) is 5.95. The molecule has 0 aliphatic heterocycles. The molecule has 0 radical (unpaired) electrons. The summed E-state index contributed by atoms with van der Waals surface area (Å²) in [6.45, 7) is 3.29. The number of aryl methyl sites for hydroxylation is 1. The second-order valence-corrected chi connectivity index (χ2v) is 11.2. The molecule has 8 nitrogen and oxygen atoms in total. The molecule has 0 atom stereocenters. The fourth-order valence-electron chi connectivity index (χ4n) is 4.15. The van der Waals surface area contributed by atoms with E-state index in [1.54, 1.807) is 48.5 Å². The van der Waals surface area contributed by atoms with Crippen LogP contribution in [0.25, 0.3) is 5.69 Å². The maximum Gasteiger partial charge on any atom is 0.264 e.